The quantitative estimate of drug-likeness (QED) is 0.516. The van der Waals surface area contributed by atoms with Crippen LogP contribution in [0, 0.1) is 5.82 Å². The van der Waals surface area contributed by atoms with E-state index in [1.54, 1.807) is 6.07 Å². The molecule has 0 atom stereocenters. The van der Waals surface area contributed by atoms with E-state index in [2.05, 4.69) is 6.58 Å². The molecule has 0 aliphatic heterocycles. The maximum atomic E-state index is 13.4. The van der Waals surface area contributed by atoms with Gasteiger partial charge < -0.3 is 14.2 Å². The SMILES string of the molecule is C=COCCOCCOc1cc(F)ccc1-c1ccccc1. The third kappa shape index (κ3) is 4.90. The van der Waals surface area contributed by atoms with Gasteiger partial charge in [-0.05, 0) is 17.7 Å². The van der Waals surface area contributed by atoms with Crippen LogP contribution >= 0.6 is 0 Å². The predicted molar refractivity (Wildman–Crippen MR) is 84.3 cm³/mol. The molecule has 0 unspecified atom stereocenters. The third-order valence-corrected chi connectivity index (χ3v) is 2.98. The van der Waals surface area contributed by atoms with Gasteiger partial charge in [-0.25, -0.2) is 4.39 Å². The first-order valence-electron chi connectivity index (χ1n) is 7.09. The van der Waals surface area contributed by atoms with Crippen LogP contribution in [0.15, 0.2) is 61.4 Å². The average molecular weight is 302 g/mol. The smallest absolute Gasteiger partial charge is 0.130 e. The average Bonchev–Trinajstić information content (AvgIpc) is 2.55. The summed E-state index contributed by atoms with van der Waals surface area (Å²) < 4.78 is 29.4. The fourth-order valence-electron chi connectivity index (χ4n) is 1.97. The summed E-state index contributed by atoms with van der Waals surface area (Å²) in [5.74, 6) is 0.187. The number of hydrogen-bond donors (Lipinski definition) is 0. The van der Waals surface area contributed by atoms with Crippen LogP contribution < -0.4 is 4.74 Å². The molecule has 0 fully saturated rings. The molecule has 0 N–H and O–H groups in total. The van der Waals surface area contributed by atoms with Gasteiger partial charge >= 0.3 is 0 Å². The summed E-state index contributed by atoms with van der Waals surface area (Å²) in [6, 6.07) is 14.3. The minimum absolute atomic E-state index is 0.324. The highest BCUT2D eigenvalue weighted by molar-refractivity contribution is 5.70. The van der Waals surface area contributed by atoms with Crippen molar-refractivity contribution in [3.05, 3.63) is 67.2 Å². The Labute approximate surface area is 129 Å². The first-order valence-corrected chi connectivity index (χ1v) is 7.09. The van der Waals surface area contributed by atoms with E-state index in [1.165, 1.54) is 18.4 Å². The molecule has 0 bridgehead atoms. The van der Waals surface area contributed by atoms with Crippen LogP contribution in [0.1, 0.15) is 0 Å². The molecular formula is C18H19FO3. The van der Waals surface area contributed by atoms with Gasteiger partial charge in [-0.3, -0.25) is 0 Å². The van der Waals surface area contributed by atoms with Crippen molar-refractivity contribution >= 4 is 0 Å². The maximum absolute atomic E-state index is 13.4. The highest BCUT2D eigenvalue weighted by Crippen LogP contribution is 2.30. The van der Waals surface area contributed by atoms with E-state index in [0.717, 1.165) is 11.1 Å². The fraction of sp³-hybridized carbons (Fsp3) is 0.222. The first-order chi connectivity index (χ1) is 10.8. The molecule has 22 heavy (non-hydrogen) atoms. The molecule has 0 spiro atoms. The molecule has 0 heterocycles. The van der Waals surface area contributed by atoms with E-state index in [9.17, 15) is 4.39 Å². The summed E-state index contributed by atoms with van der Waals surface area (Å²) in [5.41, 5.74) is 1.84. The van der Waals surface area contributed by atoms with E-state index in [0.29, 0.717) is 32.2 Å². The van der Waals surface area contributed by atoms with Gasteiger partial charge in [-0.2, -0.15) is 0 Å². The Kier molecular flexibility index (Phi) is 6.45. The van der Waals surface area contributed by atoms with Crippen molar-refractivity contribution in [2.75, 3.05) is 26.4 Å². The van der Waals surface area contributed by atoms with Crippen LogP contribution in [0.3, 0.4) is 0 Å². The third-order valence-electron chi connectivity index (χ3n) is 2.98. The van der Waals surface area contributed by atoms with Crippen LogP contribution in [-0.2, 0) is 9.47 Å². The van der Waals surface area contributed by atoms with Crippen molar-refractivity contribution in [1.29, 1.82) is 0 Å². The van der Waals surface area contributed by atoms with E-state index in [-0.39, 0.29) is 5.82 Å². The lowest BCUT2D eigenvalue weighted by Gasteiger charge is -2.12. The second kappa shape index (κ2) is 8.85. The summed E-state index contributed by atoms with van der Waals surface area (Å²) in [6.45, 7) is 5.12. The number of hydrogen-bond acceptors (Lipinski definition) is 3. The van der Waals surface area contributed by atoms with Crippen LogP contribution in [-0.4, -0.2) is 26.4 Å². The zero-order valence-electron chi connectivity index (χ0n) is 12.3. The lowest BCUT2D eigenvalue weighted by molar-refractivity contribution is 0.0654. The standard InChI is InChI=1S/C18H19FO3/c1-2-20-10-11-21-12-13-22-18-14-16(19)8-9-17(18)15-6-4-3-5-7-15/h2-9,14H,1,10-13H2. The van der Waals surface area contributed by atoms with Gasteiger partial charge in [0.05, 0.1) is 19.5 Å². The van der Waals surface area contributed by atoms with E-state index < -0.39 is 0 Å². The molecule has 2 rings (SSSR count). The Morgan fingerprint density at radius 2 is 1.73 bits per heavy atom. The van der Waals surface area contributed by atoms with Crippen molar-refractivity contribution in [2.45, 2.75) is 0 Å². The normalized spacial score (nSPS) is 10.2. The summed E-state index contributed by atoms with van der Waals surface area (Å²) in [4.78, 5) is 0. The van der Waals surface area contributed by atoms with E-state index >= 15 is 0 Å². The van der Waals surface area contributed by atoms with Crippen molar-refractivity contribution < 1.29 is 18.6 Å². The molecule has 3 nitrogen and oxygen atoms in total. The van der Waals surface area contributed by atoms with Crippen LogP contribution in [0.2, 0.25) is 0 Å². The Balaban J connectivity index is 1.92. The zero-order chi connectivity index (χ0) is 15.6. The van der Waals surface area contributed by atoms with Gasteiger partial charge in [0.15, 0.2) is 0 Å². The molecule has 116 valence electrons. The maximum Gasteiger partial charge on any atom is 0.130 e. The summed E-state index contributed by atoms with van der Waals surface area (Å²) in [7, 11) is 0. The second-order valence-corrected chi connectivity index (χ2v) is 4.50. The van der Waals surface area contributed by atoms with Crippen molar-refractivity contribution in [2.24, 2.45) is 0 Å². The molecule has 0 aliphatic rings. The first kappa shape index (κ1) is 16.0. The van der Waals surface area contributed by atoms with Crippen LogP contribution in [0.5, 0.6) is 5.75 Å². The molecule has 0 amide bonds. The topological polar surface area (TPSA) is 27.7 Å². The van der Waals surface area contributed by atoms with Crippen LogP contribution in [0.25, 0.3) is 11.1 Å². The molecule has 4 heteroatoms. The fourth-order valence-corrected chi connectivity index (χ4v) is 1.97. The lowest BCUT2D eigenvalue weighted by atomic mass is 10.0. The van der Waals surface area contributed by atoms with Crippen LogP contribution in [0.4, 0.5) is 4.39 Å². The highest BCUT2D eigenvalue weighted by atomic mass is 19.1. The summed E-state index contributed by atoms with van der Waals surface area (Å²) in [6.07, 6.45) is 1.37. The Morgan fingerprint density at radius 3 is 2.50 bits per heavy atom. The molecule has 2 aromatic carbocycles. The Morgan fingerprint density at radius 1 is 0.955 bits per heavy atom. The second-order valence-electron chi connectivity index (χ2n) is 4.50. The number of benzene rings is 2. The van der Waals surface area contributed by atoms with Gasteiger partial charge in [0.25, 0.3) is 0 Å². The van der Waals surface area contributed by atoms with Gasteiger partial charge in [-0.15, -0.1) is 0 Å². The van der Waals surface area contributed by atoms with E-state index in [4.69, 9.17) is 14.2 Å². The predicted octanol–water partition coefficient (Wildman–Crippen LogP) is 4.05. The molecule has 0 aliphatic carbocycles. The van der Waals surface area contributed by atoms with Gasteiger partial charge in [0.2, 0.25) is 0 Å². The van der Waals surface area contributed by atoms with Gasteiger partial charge in [0.1, 0.15) is 24.8 Å². The zero-order valence-corrected chi connectivity index (χ0v) is 12.3. The monoisotopic (exact) mass is 302 g/mol. The highest BCUT2D eigenvalue weighted by Gasteiger charge is 2.07. The molecule has 2 aromatic rings. The molecule has 0 saturated heterocycles. The molecule has 0 saturated carbocycles. The lowest BCUT2D eigenvalue weighted by Crippen LogP contribution is -2.10. The molecule has 0 radical (unpaired) electrons. The van der Waals surface area contributed by atoms with Gasteiger partial charge in [-0.1, -0.05) is 36.9 Å². The summed E-state index contributed by atoms with van der Waals surface area (Å²) >= 11 is 0. The molecule has 0 aromatic heterocycles. The largest absolute Gasteiger partial charge is 0.499 e. The summed E-state index contributed by atoms with van der Waals surface area (Å²) in [5, 5.41) is 0. The van der Waals surface area contributed by atoms with Gasteiger partial charge in [0, 0.05) is 11.6 Å². The molecular weight excluding hydrogens is 283 g/mol. The minimum atomic E-state index is -0.324. The minimum Gasteiger partial charge on any atom is -0.499 e. The Hall–Kier alpha value is -2.33. The van der Waals surface area contributed by atoms with Crippen molar-refractivity contribution in [3.8, 4) is 16.9 Å². The van der Waals surface area contributed by atoms with Crippen molar-refractivity contribution in [1.82, 2.24) is 0 Å². The Bertz CT molecular complexity index is 584. The number of halogens is 1. The van der Waals surface area contributed by atoms with Crippen molar-refractivity contribution in [3.63, 3.8) is 0 Å². The number of rotatable bonds is 9. The van der Waals surface area contributed by atoms with E-state index in [1.807, 2.05) is 30.3 Å². The number of ether oxygens (including phenoxy) is 3.